The quantitative estimate of drug-likeness (QED) is 0.390. The fraction of sp³-hybridized carbons (Fsp3) is 0.667. The molecule has 2 atom stereocenters. The summed E-state index contributed by atoms with van der Waals surface area (Å²) in [4.78, 5) is 29.8. The minimum atomic E-state index is -1.29. The fourth-order valence-electron chi connectivity index (χ4n) is 1.17. The number of nitrogens with two attached hydrogens (primary N) is 1. The second kappa shape index (κ2) is 9.84. The summed E-state index contributed by atoms with van der Waals surface area (Å²) in [5, 5.41) is 27.2. The zero-order valence-corrected chi connectivity index (χ0v) is 10.4. The summed E-state index contributed by atoms with van der Waals surface area (Å²) in [6.07, 6.45) is 1.25. The van der Waals surface area contributed by atoms with Crippen molar-refractivity contribution in [3.05, 3.63) is 0 Å². The number of rotatable bonds is 4. The number of nitrogens with one attached hydrogen (secondary N) is 1. The van der Waals surface area contributed by atoms with Crippen molar-refractivity contribution in [2.75, 3.05) is 6.54 Å². The number of carboxylic acids is 3. The predicted molar refractivity (Wildman–Crippen MR) is 57.9 cm³/mol. The minimum absolute atomic E-state index is 0. The molecule has 0 spiro atoms. The number of aliphatic carboxylic acids is 3. The average Bonchev–Trinajstić information content (AvgIpc) is 2.69. The van der Waals surface area contributed by atoms with E-state index in [1.54, 1.807) is 0 Å². The number of carboxylic acid groups (broad SMARTS) is 3. The van der Waals surface area contributed by atoms with E-state index in [-0.39, 0.29) is 23.1 Å². The maximum atomic E-state index is 10.1. The number of carbonyl (C=O) groups is 3. The molecule has 0 saturated carbocycles. The van der Waals surface area contributed by atoms with Crippen molar-refractivity contribution >= 4 is 17.9 Å². The standard InChI is InChI=1S/C5H9NO2.C4H7NO4.Cu.H/c7-5(8)4-2-1-3-6-4;5-2(4(8)9)1-3(6)7;;/h4,6H,1-3H2,(H,7,8);2H,1,5H2,(H,6,7)(H,8,9);;/q;;+1;/t4-;2-;;/m00../s1. The van der Waals surface area contributed by atoms with Crippen LogP contribution in [-0.2, 0) is 31.5 Å². The topological polar surface area (TPSA) is 150 Å². The van der Waals surface area contributed by atoms with E-state index >= 15 is 0 Å². The monoisotopic (exact) mass is 312 g/mol. The van der Waals surface area contributed by atoms with Gasteiger partial charge in [0, 0.05) is 0 Å². The van der Waals surface area contributed by atoms with E-state index in [9.17, 15) is 14.4 Å². The van der Waals surface area contributed by atoms with Crippen molar-refractivity contribution in [3.8, 4) is 0 Å². The summed E-state index contributed by atoms with van der Waals surface area (Å²) >= 11 is 0. The molecule has 9 heteroatoms. The van der Waals surface area contributed by atoms with E-state index in [1.165, 1.54) is 0 Å². The SMILES string of the molecule is N[C@@H](CC(=O)O)C(=O)O.O=C(O)[C@@H]1CCCN1.[CuH+]. The summed E-state index contributed by atoms with van der Waals surface area (Å²) in [7, 11) is 0. The molecule has 0 radical (unpaired) electrons. The molecule has 18 heavy (non-hydrogen) atoms. The van der Waals surface area contributed by atoms with Crippen LogP contribution in [0.25, 0.3) is 0 Å². The van der Waals surface area contributed by atoms with Crippen LogP contribution < -0.4 is 11.1 Å². The summed E-state index contributed by atoms with van der Waals surface area (Å²) in [6, 6.07) is -1.56. The first-order chi connectivity index (χ1) is 7.84. The molecule has 109 valence electrons. The van der Waals surface area contributed by atoms with Crippen molar-refractivity contribution in [3.63, 3.8) is 0 Å². The number of hydrogen-bond acceptors (Lipinski definition) is 5. The summed E-state index contributed by atoms with van der Waals surface area (Å²) in [6.45, 7) is 0.858. The molecule has 0 aromatic rings. The third-order valence-corrected chi connectivity index (χ3v) is 2.07. The van der Waals surface area contributed by atoms with Gasteiger partial charge < -0.3 is 26.4 Å². The Balaban J connectivity index is 0. The van der Waals surface area contributed by atoms with E-state index < -0.39 is 30.4 Å². The van der Waals surface area contributed by atoms with Crippen LogP contribution in [0.3, 0.4) is 0 Å². The molecule has 8 nitrogen and oxygen atoms in total. The van der Waals surface area contributed by atoms with Gasteiger partial charge in [-0.3, -0.25) is 14.4 Å². The Labute approximate surface area is 114 Å². The van der Waals surface area contributed by atoms with Crippen molar-refractivity contribution < 1.29 is 46.8 Å². The molecule has 0 aliphatic carbocycles. The molecule has 0 aromatic carbocycles. The Kier molecular flexibility index (Phi) is 10.5. The van der Waals surface area contributed by atoms with E-state index in [2.05, 4.69) is 5.32 Å². The van der Waals surface area contributed by atoms with Crippen LogP contribution in [-0.4, -0.2) is 51.9 Å². The molecular formula is C9H17CuN2O6+. The van der Waals surface area contributed by atoms with Crippen LogP contribution in [0, 0.1) is 0 Å². The van der Waals surface area contributed by atoms with Crippen LogP contribution in [0.15, 0.2) is 0 Å². The van der Waals surface area contributed by atoms with Gasteiger partial charge in [-0.1, -0.05) is 0 Å². The first-order valence-corrected chi connectivity index (χ1v) is 5.01. The summed E-state index contributed by atoms with van der Waals surface area (Å²) in [5.41, 5.74) is 4.84. The second-order valence-electron chi connectivity index (χ2n) is 3.53. The van der Waals surface area contributed by atoms with Gasteiger partial charge in [0.2, 0.25) is 0 Å². The van der Waals surface area contributed by atoms with Gasteiger partial charge in [0.1, 0.15) is 12.1 Å². The molecule has 1 rings (SSSR count). The summed E-state index contributed by atoms with van der Waals surface area (Å²) in [5.74, 6) is -3.22. The molecule has 0 aromatic heterocycles. The average molecular weight is 313 g/mol. The van der Waals surface area contributed by atoms with E-state index in [4.69, 9.17) is 21.1 Å². The van der Waals surface area contributed by atoms with Gasteiger partial charge in [-0.25, -0.2) is 0 Å². The Morgan fingerprint density at radius 2 is 1.83 bits per heavy atom. The van der Waals surface area contributed by atoms with Crippen LogP contribution in [0.2, 0.25) is 0 Å². The molecular weight excluding hydrogens is 296 g/mol. The molecule has 1 fully saturated rings. The molecule has 1 aliphatic rings. The van der Waals surface area contributed by atoms with Gasteiger partial charge in [0.25, 0.3) is 0 Å². The maximum absolute atomic E-state index is 10.1. The van der Waals surface area contributed by atoms with E-state index in [0.717, 1.165) is 19.4 Å². The van der Waals surface area contributed by atoms with Crippen molar-refractivity contribution in [1.29, 1.82) is 0 Å². The van der Waals surface area contributed by atoms with E-state index in [1.807, 2.05) is 0 Å². The second-order valence-corrected chi connectivity index (χ2v) is 3.53. The van der Waals surface area contributed by atoms with Crippen LogP contribution in [0.1, 0.15) is 19.3 Å². The van der Waals surface area contributed by atoms with Gasteiger partial charge in [0.05, 0.1) is 6.42 Å². The number of hydrogen-bond donors (Lipinski definition) is 5. The fourth-order valence-corrected chi connectivity index (χ4v) is 1.17. The Morgan fingerprint density at radius 1 is 1.28 bits per heavy atom. The zero-order valence-electron chi connectivity index (χ0n) is 9.44. The van der Waals surface area contributed by atoms with Crippen LogP contribution in [0.4, 0.5) is 0 Å². The van der Waals surface area contributed by atoms with Crippen molar-refractivity contribution in [1.82, 2.24) is 5.32 Å². The molecule has 1 saturated heterocycles. The molecule has 0 bridgehead atoms. The first-order valence-electron chi connectivity index (χ1n) is 5.01. The predicted octanol–water partition coefficient (Wildman–Crippen LogP) is -1.57. The van der Waals surface area contributed by atoms with Gasteiger partial charge >= 0.3 is 35.0 Å². The zero-order chi connectivity index (χ0) is 13.4. The Bertz CT molecular complexity index is 293. The van der Waals surface area contributed by atoms with Crippen LogP contribution >= 0.6 is 0 Å². The van der Waals surface area contributed by atoms with E-state index in [0.29, 0.717) is 0 Å². The molecule has 6 N–H and O–H groups in total. The third kappa shape index (κ3) is 8.94. The van der Waals surface area contributed by atoms with Gasteiger partial charge in [-0.2, -0.15) is 0 Å². The van der Waals surface area contributed by atoms with Crippen molar-refractivity contribution in [2.45, 2.75) is 31.3 Å². The Morgan fingerprint density at radius 3 is 2.00 bits per heavy atom. The molecule has 1 heterocycles. The molecule has 0 unspecified atom stereocenters. The molecule has 0 amide bonds. The van der Waals surface area contributed by atoms with Gasteiger partial charge in [-0.05, 0) is 19.4 Å². The normalized spacial score (nSPS) is 18.8. The third-order valence-electron chi connectivity index (χ3n) is 2.07. The van der Waals surface area contributed by atoms with Crippen LogP contribution in [0.5, 0.6) is 0 Å². The first kappa shape index (κ1) is 19.2. The Hall–Kier alpha value is -1.15. The van der Waals surface area contributed by atoms with Gasteiger partial charge in [0.15, 0.2) is 0 Å². The summed E-state index contributed by atoms with van der Waals surface area (Å²) < 4.78 is 0. The van der Waals surface area contributed by atoms with Crippen molar-refractivity contribution in [2.24, 2.45) is 5.73 Å². The molecule has 1 aliphatic heterocycles. The van der Waals surface area contributed by atoms with Gasteiger partial charge in [-0.15, -0.1) is 0 Å².